The van der Waals surface area contributed by atoms with Crippen molar-refractivity contribution >= 4 is 27.5 Å². The van der Waals surface area contributed by atoms with Crippen LogP contribution in [0.5, 0.6) is 5.75 Å². The molecule has 0 unspecified atom stereocenters. The van der Waals surface area contributed by atoms with Gasteiger partial charge in [0.25, 0.3) is 5.91 Å². The second-order valence-electron chi connectivity index (χ2n) is 8.66. The van der Waals surface area contributed by atoms with Gasteiger partial charge in [-0.05, 0) is 36.5 Å². The molecule has 0 spiro atoms. The lowest BCUT2D eigenvalue weighted by molar-refractivity contribution is -0.134. The molecule has 0 bridgehead atoms. The first-order valence-corrected chi connectivity index (χ1v) is 12.1. The summed E-state index contributed by atoms with van der Waals surface area (Å²) in [6.07, 6.45) is 1.08. The Kier molecular flexibility index (Phi) is 6.23. The van der Waals surface area contributed by atoms with Gasteiger partial charge in [-0.25, -0.2) is 8.42 Å². The Bertz CT molecular complexity index is 950. The lowest BCUT2D eigenvalue weighted by Crippen LogP contribution is -2.50. The smallest absolute Gasteiger partial charge is 0.265 e. The van der Waals surface area contributed by atoms with Gasteiger partial charge in [0, 0.05) is 26.2 Å². The molecule has 10 heteroatoms. The van der Waals surface area contributed by atoms with Crippen LogP contribution >= 0.6 is 0 Å². The SMILES string of the molecule is C[C@H]1C[C@H](C)CN(C(=O)CN2C(=O)COc3ccc(S(=O)(=O)N4CCOCC4)cc32)C1. The van der Waals surface area contributed by atoms with Crippen LogP contribution in [-0.4, -0.2) is 82.0 Å². The van der Waals surface area contributed by atoms with Gasteiger partial charge in [-0.1, -0.05) is 13.8 Å². The monoisotopic (exact) mass is 451 g/mol. The molecule has 2 saturated heterocycles. The summed E-state index contributed by atoms with van der Waals surface area (Å²) in [6, 6.07) is 4.47. The molecular weight excluding hydrogens is 422 g/mol. The number of carbonyl (C=O) groups excluding carboxylic acids is 2. The van der Waals surface area contributed by atoms with Crippen molar-refractivity contribution in [2.45, 2.75) is 25.2 Å². The van der Waals surface area contributed by atoms with E-state index in [1.54, 1.807) is 11.0 Å². The predicted octanol–water partition coefficient (Wildman–Crippen LogP) is 0.937. The molecule has 1 aromatic carbocycles. The predicted molar refractivity (Wildman–Crippen MR) is 113 cm³/mol. The molecular formula is C21H29N3O6S. The van der Waals surface area contributed by atoms with Gasteiger partial charge in [-0.15, -0.1) is 0 Å². The maximum atomic E-state index is 13.1. The molecule has 2 amide bonds. The van der Waals surface area contributed by atoms with Crippen molar-refractivity contribution < 1.29 is 27.5 Å². The van der Waals surface area contributed by atoms with Crippen LogP contribution in [0.4, 0.5) is 5.69 Å². The standard InChI is InChI=1S/C21H29N3O6S/c1-15-9-16(2)12-22(11-15)20(25)13-24-18-10-17(3-4-19(18)30-14-21(24)26)31(27,28)23-5-7-29-8-6-23/h3-4,10,15-16H,5-9,11-14H2,1-2H3/t15-,16-/m0/s1. The van der Waals surface area contributed by atoms with E-state index in [2.05, 4.69) is 13.8 Å². The summed E-state index contributed by atoms with van der Waals surface area (Å²) in [7, 11) is -3.74. The molecule has 1 aromatic rings. The van der Waals surface area contributed by atoms with Gasteiger partial charge >= 0.3 is 0 Å². The van der Waals surface area contributed by atoms with Crippen molar-refractivity contribution in [2.75, 3.05) is 57.4 Å². The van der Waals surface area contributed by atoms with E-state index in [0.717, 1.165) is 6.42 Å². The number of morpholine rings is 1. The summed E-state index contributed by atoms with van der Waals surface area (Å²) in [6.45, 7) is 6.52. The first kappa shape index (κ1) is 22.0. The molecule has 0 saturated carbocycles. The molecule has 3 heterocycles. The molecule has 0 aliphatic carbocycles. The Hall–Kier alpha value is -2.17. The van der Waals surface area contributed by atoms with E-state index in [-0.39, 0.29) is 43.0 Å². The number of fused-ring (bicyclic) bond motifs is 1. The molecule has 3 aliphatic rings. The minimum Gasteiger partial charge on any atom is -0.482 e. The summed E-state index contributed by atoms with van der Waals surface area (Å²) >= 11 is 0. The second-order valence-corrected chi connectivity index (χ2v) is 10.6. The fourth-order valence-electron chi connectivity index (χ4n) is 4.55. The highest BCUT2D eigenvalue weighted by Gasteiger charge is 2.34. The van der Waals surface area contributed by atoms with Gasteiger partial charge in [-0.3, -0.25) is 14.5 Å². The molecule has 4 rings (SSSR count). The average molecular weight is 452 g/mol. The zero-order valence-electron chi connectivity index (χ0n) is 18.0. The van der Waals surface area contributed by atoms with Crippen LogP contribution in [0.2, 0.25) is 0 Å². The van der Waals surface area contributed by atoms with Crippen LogP contribution in [0, 0.1) is 11.8 Å². The number of likely N-dealkylation sites (tertiary alicyclic amines) is 1. The van der Waals surface area contributed by atoms with Gasteiger partial charge in [0.2, 0.25) is 15.9 Å². The number of amides is 2. The normalized spacial score (nSPS) is 25.2. The second kappa shape index (κ2) is 8.76. The fraction of sp³-hybridized carbons (Fsp3) is 0.619. The first-order valence-electron chi connectivity index (χ1n) is 10.7. The highest BCUT2D eigenvalue weighted by molar-refractivity contribution is 7.89. The molecule has 9 nitrogen and oxygen atoms in total. The van der Waals surface area contributed by atoms with Gasteiger partial charge in [0.1, 0.15) is 12.3 Å². The minimum absolute atomic E-state index is 0.0733. The molecule has 0 radical (unpaired) electrons. The number of carbonyl (C=O) groups is 2. The Morgan fingerprint density at radius 2 is 1.81 bits per heavy atom. The third kappa shape index (κ3) is 4.56. The van der Waals surface area contributed by atoms with Crippen molar-refractivity contribution in [3.8, 4) is 5.75 Å². The summed E-state index contributed by atoms with van der Waals surface area (Å²) in [4.78, 5) is 28.8. The van der Waals surface area contributed by atoms with Crippen LogP contribution in [0.1, 0.15) is 20.3 Å². The van der Waals surface area contributed by atoms with Gasteiger partial charge in [0.05, 0.1) is 23.8 Å². The number of ether oxygens (including phenoxy) is 2. The highest BCUT2D eigenvalue weighted by Crippen LogP contribution is 2.35. The lowest BCUT2D eigenvalue weighted by Gasteiger charge is -2.37. The fourth-order valence-corrected chi connectivity index (χ4v) is 5.98. The lowest BCUT2D eigenvalue weighted by atomic mass is 9.92. The van der Waals surface area contributed by atoms with Gasteiger partial charge in [0.15, 0.2) is 6.61 Å². The third-order valence-electron chi connectivity index (χ3n) is 6.00. The Balaban J connectivity index is 1.59. The molecule has 170 valence electrons. The van der Waals surface area contributed by atoms with E-state index in [4.69, 9.17) is 9.47 Å². The highest BCUT2D eigenvalue weighted by atomic mass is 32.2. The number of rotatable bonds is 4. The Morgan fingerprint density at radius 1 is 1.13 bits per heavy atom. The number of hydrogen-bond donors (Lipinski definition) is 0. The van der Waals surface area contributed by atoms with Crippen molar-refractivity contribution in [1.29, 1.82) is 0 Å². The van der Waals surface area contributed by atoms with Crippen LogP contribution in [-0.2, 0) is 24.3 Å². The number of piperidine rings is 1. The number of benzene rings is 1. The van der Waals surface area contributed by atoms with Crippen LogP contribution < -0.4 is 9.64 Å². The van der Waals surface area contributed by atoms with Crippen molar-refractivity contribution in [1.82, 2.24) is 9.21 Å². The zero-order chi connectivity index (χ0) is 22.2. The van der Waals surface area contributed by atoms with E-state index in [1.807, 2.05) is 0 Å². The summed E-state index contributed by atoms with van der Waals surface area (Å²) in [5.74, 6) is 0.714. The van der Waals surface area contributed by atoms with E-state index < -0.39 is 10.0 Å². The van der Waals surface area contributed by atoms with E-state index in [0.29, 0.717) is 49.6 Å². The largest absolute Gasteiger partial charge is 0.482 e. The molecule has 2 atom stereocenters. The van der Waals surface area contributed by atoms with E-state index in [1.165, 1.54) is 21.3 Å². The van der Waals surface area contributed by atoms with Gasteiger partial charge < -0.3 is 14.4 Å². The maximum Gasteiger partial charge on any atom is 0.265 e. The maximum absolute atomic E-state index is 13.1. The summed E-state index contributed by atoms with van der Waals surface area (Å²) in [5, 5.41) is 0. The zero-order valence-corrected chi connectivity index (χ0v) is 18.8. The van der Waals surface area contributed by atoms with Crippen molar-refractivity contribution in [3.05, 3.63) is 18.2 Å². The minimum atomic E-state index is -3.74. The summed E-state index contributed by atoms with van der Waals surface area (Å²) < 4.78 is 38.2. The van der Waals surface area contributed by atoms with E-state index in [9.17, 15) is 18.0 Å². The molecule has 0 N–H and O–H groups in total. The molecule has 3 aliphatic heterocycles. The summed E-state index contributed by atoms with van der Waals surface area (Å²) in [5.41, 5.74) is 0.317. The number of nitrogens with zero attached hydrogens (tertiary/aromatic N) is 3. The number of hydrogen-bond acceptors (Lipinski definition) is 6. The first-order chi connectivity index (χ1) is 14.8. The van der Waals surface area contributed by atoms with E-state index >= 15 is 0 Å². The van der Waals surface area contributed by atoms with Crippen molar-refractivity contribution in [2.24, 2.45) is 11.8 Å². The number of sulfonamides is 1. The third-order valence-corrected chi connectivity index (χ3v) is 7.89. The topological polar surface area (TPSA) is 96.5 Å². The van der Waals surface area contributed by atoms with Gasteiger partial charge in [-0.2, -0.15) is 4.31 Å². The number of anilines is 1. The van der Waals surface area contributed by atoms with Crippen LogP contribution in [0.3, 0.4) is 0 Å². The Labute approximate surface area is 182 Å². The molecule has 31 heavy (non-hydrogen) atoms. The van der Waals surface area contributed by atoms with Crippen LogP contribution in [0.25, 0.3) is 0 Å². The van der Waals surface area contributed by atoms with Crippen LogP contribution in [0.15, 0.2) is 23.1 Å². The van der Waals surface area contributed by atoms with Crippen molar-refractivity contribution in [3.63, 3.8) is 0 Å². The Morgan fingerprint density at radius 3 is 2.48 bits per heavy atom. The molecule has 2 fully saturated rings. The quantitative estimate of drug-likeness (QED) is 0.676. The molecule has 0 aromatic heterocycles. The average Bonchev–Trinajstić information content (AvgIpc) is 2.75.